The third kappa shape index (κ3) is 8.00. The van der Waals surface area contributed by atoms with E-state index in [1.807, 2.05) is 0 Å². The standard InChI is InChI=1S/C7H6O8P2S.C4H10/c8-16(9)14-7(15-17(10)11)18(12,13)6-4-2-1-3-5-6;1-3-4-2/h1-5,7H;3-4H2,1-2H3/p+2. The Labute approximate surface area is 130 Å². The van der Waals surface area contributed by atoms with Gasteiger partial charge in [0, 0.05) is 9.13 Å². The number of rotatable bonds is 7. The van der Waals surface area contributed by atoms with Crippen molar-refractivity contribution in [1.29, 1.82) is 0 Å². The van der Waals surface area contributed by atoms with E-state index in [9.17, 15) is 17.5 Å². The molecule has 0 bridgehead atoms. The molecule has 0 radical (unpaired) electrons. The smallest absolute Gasteiger partial charge is 0.218 e. The van der Waals surface area contributed by atoms with Crippen molar-refractivity contribution >= 4 is 26.3 Å². The van der Waals surface area contributed by atoms with E-state index < -0.39 is 32.0 Å². The van der Waals surface area contributed by atoms with Crippen molar-refractivity contribution in [3.63, 3.8) is 0 Å². The number of hydrogen-bond acceptors (Lipinski definition) is 6. The highest BCUT2D eigenvalue weighted by molar-refractivity contribution is 7.92. The van der Waals surface area contributed by atoms with Crippen LogP contribution in [0, 0.1) is 0 Å². The molecule has 0 saturated heterocycles. The number of benzene rings is 1. The van der Waals surface area contributed by atoms with Gasteiger partial charge in [0.05, 0.1) is 4.90 Å². The van der Waals surface area contributed by atoms with E-state index in [4.69, 9.17) is 9.79 Å². The third-order valence-electron chi connectivity index (χ3n) is 2.18. The molecule has 8 nitrogen and oxygen atoms in total. The van der Waals surface area contributed by atoms with Crippen LogP contribution in [0.5, 0.6) is 0 Å². The fourth-order valence-electron chi connectivity index (χ4n) is 1.00. The molecule has 2 N–H and O–H groups in total. The summed E-state index contributed by atoms with van der Waals surface area (Å²) >= 11 is 0. The average Bonchev–Trinajstić information content (AvgIpc) is 2.47. The normalized spacial score (nSPS) is 13.6. The topological polar surface area (TPSA) is 127 Å². The quantitative estimate of drug-likeness (QED) is 0.552. The van der Waals surface area contributed by atoms with Crippen LogP contribution in [0.1, 0.15) is 26.7 Å². The molecule has 0 spiro atoms. The molecule has 22 heavy (non-hydrogen) atoms. The van der Waals surface area contributed by atoms with E-state index in [1.165, 1.54) is 37.1 Å². The molecule has 0 aromatic heterocycles. The maximum Gasteiger partial charge on any atom is 0.698 e. The molecule has 2 unspecified atom stereocenters. The largest absolute Gasteiger partial charge is 0.698 e. The summed E-state index contributed by atoms with van der Waals surface area (Å²) in [6.45, 7) is 4.36. The average molecular weight is 372 g/mol. The van der Waals surface area contributed by atoms with Gasteiger partial charge in [0.2, 0.25) is 9.84 Å². The molecule has 124 valence electrons. The van der Waals surface area contributed by atoms with Gasteiger partial charge in [-0.15, -0.1) is 9.79 Å². The summed E-state index contributed by atoms with van der Waals surface area (Å²) in [5, 5.41) is 0. The number of sulfone groups is 1. The van der Waals surface area contributed by atoms with Gasteiger partial charge in [-0.2, -0.15) is 0 Å². The molecule has 0 fully saturated rings. The van der Waals surface area contributed by atoms with Crippen LogP contribution in [0.2, 0.25) is 0 Å². The zero-order valence-electron chi connectivity index (χ0n) is 12.0. The highest BCUT2D eigenvalue weighted by Crippen LogP contribution is 2.32. The van der Waals surface area contributed by atoms with Crippen LogP contribution in [0.25, 0.3) is 0 Å². The Morgan fingerprint density at radius 1 is 1.00 bits per heavy atom. The number of hydrogen-bond donors (Lipinski definition) is 2. The Bertz CT molecular complexity index is 557. The summed E-state index contributed by atoms with van der Waals surface area (Å²) in [5.41, 5.74) is -2.33. The molecule has 0 saturated carbocycles. The highest BCUT2D eigenvalue weighted by atomic mass is 32.2. The van der Waals surface area contributed by atoms with Crippen LogP contribution in [-0.4, -0.2) is 23.8 Å². The van der Waals surface area contributed by atoms with Crippen molar-refractivity contribution < 1.29 is 36.4 Å². The summed E-state index contributed by atoms with van der Waals surface area (Å²) in [6.07, 6.45) is 2.64. The predicted molar refractivity (Wildman–Crippen MR) is 79.8 cm³/mol. The van der Waals surface area contributed by atoms with Crippen molar-refractivity contribution in [1.82, 2.24) is 0 Å². The first kappa shape index (κ1) is 21.2. The van der Waals surface area contributed by atoms with E-state index in [-0.39, 0.29) is 4.90 Å². The lowest BCUT2D eigenvalue weighted by Gasteiger charge is -2.05. The minimum atomic E-state index is -4.32. The molecule has 1 rings (SSSR count). The van der Waals surface area contributed by atoms with Crippen LogP contribution in [0.3, 0.4) is 0 Å². The van der Waals surface area contributed by atoms with E-state index >= 15 is 0 Å². The van der Waals surface area contributed by atoms with Crippen molar-refractivity contribution in [2.75, 3.05) is 0 Å². The van der Waals surface area contributed by atoms with Gasteiger partial charge in [0.15, 0.2) is 0 Å². The first-order valence-electron chi connectivity index (χ1n) is 6.20. The molecule has 11 heteroatoms. The second-order valence-electron chi connectivity index (χ2n) is 3.83. The molecule has 0 aliphatic rings. The molecular formula is C11H18O8P2S+2. The van der Waals surface area contributed by atoms with Gasteiger partial charge in [-0.3, -0.25) is 0 Å². The molecule has 0 amide bonds. The van der Waals surface area contributed by atoms with Gasteiger partial charge in [0.1, 0.15) is 0 Å². The van der Waals surface area contributed by atoms with Gasteiger partial charge in [-0.1, -0.05) is 53.9 Å². The molecule has 0 heterocycles. The summed E-state index contributed by atoms with van der Waals surface area (Å²) in [7, 11) is -11.0. The van der Waals surface area contributed by atoms with Gasteiger partial charge >= 0.3 is 22.1 Å². The van der Waals surface area contributed by atoms with Gasteiger partial charge < -0.3 is 0 Å². The Morgan fingerprint density at radius 3 is 1.73 bits per heavy atom. The van der Waals surface area contributed by atoms with Crippen LogP contribution >= 0.6 is 16.5 Å². The van der Waals surface area contributed by atoms with Gasteiger partial charge in [0.25, 0.3) is 0 Å². The van der Waals surface area contributed by atoms with Crippen LogP contribution < -0.4 is 0 Å². The lowest BCUT2D eigenvalue weighted by molar-refractivity contribution is 0.0683. The Hall–Kier alpha value is -0.790. The summed E-state index contributed by atoms with van der Waals surface area (Å²) in [4.78, 5) is 16.7. The van der Waals surface area contributed by atoms with Crippen molar-refractivity contribution in [2.24, 2.45) is 0 Å². The molecule has 1 aromatic carbocycles. The lowest BCUT2D eigenvalue weighted by Crippen LogP contribution is -2.23. The fraction of sp³-hybridized carbons (Fsp3) is 0.455. The molecule has 2 atom stereocenters. The minimum Gasteiger partial charge on any atom is -0.218 e. The highest BCUT2D eigenvalue weighted by Gasteiger charge is 2.44. The summed E-state index contributed by atoms with van der Waals surface area (Å²) in [5.74, 6) is 0. The van der Waals surface area contributed by atoms with E-state index in [0.29, 0.717) is 0 Å². The Morgan fingerprint density at radius 2 is 1.41 bits per heavy atom. The van der Waals surface area contributed by atoms with E-state index in [2.05, 4.69) is 22.9 Å². The predicted octanol–water partition coefficient (Wildman–Crippen LogP) is 2.88. The monoisotopic (exact) mass is 372 g/mol. The molecular weight excluding hydrogens is 354 g/mol. The van der Waals surface area contributed by atoms with Crippen LogP contribution in [0.15, 0.2) is 35.2 Å². The molecule has 1 aromatic rings. The third-order valence-corrected chi connectivity index (χ3v) is 4.83. The maximum absolute atomic E-state index is 11.9. The maximum atomic E-state index is 11.9. The first-order chi connectivity index (χ1) is 10.3. The van der Waals surface area contributed by atoms with Gasteiger partial charge in [-0.05, 0) is 12.1 Å². The van der Waals surface area contributed by atoms with Crippen molar-refractivity contribution in [3.05, 3.63) is 30.3 Å². The fourth-order valence-corrected chi connectivity index (χ4v) is 3.56. The zero-order valence-corrected chi connectivity index (χ0v) is 14.6. The van der Waals surface area contributed by atoms with Crippen LogP contribution in [-0.2, 0) is 28.0 Å². The van der Waals surface area contributed by atoms with Gasteiger partial charge in [-0.25, -0.2) is 8.42 Å². The zero-order chi connectivity index (χ0) is 17.2. The second kappa shape index (κ2) is 10.9. The second-order valence-corrected chi connectivity index (χ2v) is 7.15. The Kier molecular flexibility index (Phi) is 10.5. The lowest BCUT2D eigenvalue weighted by atomic mass is 10.4. The summed E-state index contributed by atoms with van der Waals surface area (Å²) in [6, 6.07) is 6.73. The van der Waals surface area contributed by atoms with E-state index in [0.717, 1.165) is 0 Å². The van der Waals surface area contributed by atoms with Crippen molar-refractivity contribution in [3.8, 4) is 0 Å². The van der Waals surface area contributed by atoms with E-state index in [1.54, 1.807) is 6.07 Å². The Balaban J connectivity index is 0.000000980. The first-order valence-corrected chi connectivity index (χ1v) is 10.0. The molecule has 0 aliphatic heterocycles. The SMILES string of the molecule is CCCC.O=[P+](O)OC(O[P+](=O)O)S(=O)(=O)c1ccccc1. The van der Waals surface area contributed by atoms with Crippen LogP contribution in [0.4, 0.5) is 0 Å². The minimum absolute atomic E-state index is 0.274. The van der Waals surface area contributed by atoms with Crippen molar-refractivity contribution in [2.45, 2.75) is 37.2 Å². The molecule has 0 aliphatic carbocycles. The summed E-state index contributed by atoms with van der Waals surface area (Å²) < 4.78 is 52.9. The number of unbranched alkanes of at least 4 members (excludes halogenated alkanes) is 1.